The van der Waals surface area contributed by atoms with Gasteiger partial charge in [-0.1, -0.05) is 6.92 Å². The van der Waals surface area contributed by atoms with Crippen molar-refractivity contribution in [2.45, 2.75) is 19.8 Å². The Kier molecular flexibility index (Phi) is 3.55. The first-order valence-electron chi connectivity index (χ1n) is 3.75. The molecule has 0 aliphatic rings. The van der Waals surface area contributed by atoms with Crippen molar-refractivity contribution in [3.63, 3.8) is 0 Å². The summed E-state index contributed by atoms with van der Waals surface area (Å²) in [5.41, 5.74) is 5.45. The zero-order chi connectivity index (χ0) is 8.27. The van der Waals surface area contributed by atoms with E-state index in [1.54, 1.807) is 0 Å². The van der Waals surface area contributed by atoms with E-state index in [2.05, 4.69) is 28.9 Å². The molecule has 0 fully saturated rings. The number of rotatable bonds is 3. The summed E-state index contributed by atoms with van der Waals surface area (Å²) in [5.74, 6) is 0. The van der Waals surface area contributed by atoms with Gasteiger partial charge >= 0.3 is 0 Å². The zero-order valence-corrected chi connectivity index (χ0v) is 8.96. The lowest BCUT2D eigenvalue weighted by Gasteiger charge is -1.88. The molecule has 11 heavy (non-hydrogen) atoms. The molecule has 1 heterocycles. The van der Waals surface area contributed by atoms with Gasteiger partial charge in [0.1, 0.15) is 0 Å². The molecule has 0 aliphatic heterocycles. The summed E-state index contributed by atoms with van der Waals surface area (Å²) in [5, 5.41) is 0. The van der Waals surface area contributed by atoms with Gasteiger partial charge in [0.25, 0.3) is 0 Å². The fourth-order valence-corrected chi connectivity index (χ4v) is 2.93. The van der Waals surface area contributed by atoms with Gasteiger partial charge in [-0.05, 0) is 41.4 Å². The summed E-state index contributed by atoms with van der Waals surface area (Å²) in [7, 11) is 0. The van der Waals surface area contributed by atoms with Gasteiger partial charge in [-0.15, -0.1) is 11.3 Å². The molecular weight excluding hydrogens is 222 g/mol. The van der Waals surface area contributed by atoms with E-state index in [1.165, 1.54) is 14.2 Å². The van der Waals surface area contributed by atoms with Gasteiger partial charge in [0.2, 0.25) is 0 Å². The van der Waals surface area contributed by atoms with Crippen molar-refractivity contribution < 1.29 is 0 Å². The summed E-state index contributed by atoms with van der Waals surface area (Å²) in [6, 6.07) is 2.18. The minimum atomic E-state index is 0.746. The van der Waals surface area contributed by atoms with Crippen LogP contribution in [0, 0.1) is 0 Å². The van der Waals surface area contributed by atoms with E-state index in [4.69, 9.17) is 5.73 Å². The van der Waals surface area contributed by atoms with E-state index >= 15 is 0 Å². The smallest absolute Gasteiger partial charge is 0.0317 e. The van der Waals surface area contributed by atoms with Crippen molar-refractivity contribution in [2.75, 3.05) is 6.54 Å². The van der Waals surface area contributed by atoms with Crippen LogP contribution in [0.2, 0.25) is 0 Å². The molecule has 0 spiro atoms. The SMILES string of the molecule is CCc1sc(CCN)cc1Br. The van der Waals surface area contributed by atoms with E-state index in [0.29, 0.717) is 0 Å². The molecule has 0 saturated heterocycles. The molecule has 1 rings (SSSR count). The fraction of sp³-hybridized carbons (Fsp3) is 0.500. The second-order valence-electron chi connectivity index (χ2n) is 2.38. The van der Waals surface area contributed by atoms with Crippen LogP contribution in [0.5, 0.6) is 0 Å². The first kappa shape index (κ1) is 9.23. The summed E-state index contributed by atoms with van der Waals surface area (Å²) < 4.78 is 1.24. The van der Waals surface area contributed by atoms with Crippen molar-refractivity contribution >= 4 is 27.3 Å². The standard InChI is InChI=1S/C8H12BrNS/c1-2-8-7(9)5-6(11-8)3-4-10/h5H,2-4,10H2,1H3. The molecular formula is C8H12BrNS. The number of hydrogen-bond donors (Lipinski definition) is 1. The van der Waals surface area contributed by atoms with Crippen molar-refractivity contribution in [3.8, 4) is 0 Å². The zero-order valence-electron chi connectivity index (χ0n) is 6.56. The molecule has 0 amide bonds. The third-order valence-corrected chi connectivity index (χ3v) is 3.83. The van der Waals surface area contributed by atoms with Crippen molar-refractivity contribution in [1.82, 2.24) is 0 Å². The Morgan fingerprint density at radius 3 is 2.82 bits per heavy atom. The topological polar surface area (TPSA) is 26.0 Å². The Morgan fingerprint density at radius 2 is 2.36 bits per heavy atom. The van der Waals surface area contributed by atoms with Crippen LogP contribution < -0.4 is 5.73 Å². The number of hydrogen-bond acceptors (Lipinski definition) is 2. The molecule has 0 aromatic carbocycles. The number of aryl methyl sites for hydroxylation is 1. The lowest BCUT2D eigenvalue weighted by atomic mass is 10.3. The van der Waals surface area contributed by atoms with Gasteiger partial charge in [-0.25, -0.2) is 0 Å². The summed E-state index contributed by atoms with van der Waals surface area (Å²) >= 11 is 5.37. The van der Waals surface area contributed by atoms with Gasteiger partial charge < -0.3 is 5.73 Å². The maximum absolute atomic E-state index is 5.45. The van der Waals surface area contributed by atoms with Crippen LogP contribution in [-0.2, 0) is 12.8 Å². The molecule has 0 bridgehead atoms. The van der Waals surface area contributed by atoms with E-state index in [9.17, 15) is 0 Å². The van der Waals surface area contributed by atoms with Crippen LogP contribution in [0.1, 0.15) is 16.7 Å². The Labute approximate surface area is 79.7 Å². The third kappa shape index (κ3) is 2.29. The Hall–Kier alpha value is 0.140. The first-order valence-corrected chi connectivity index (χ1v) is 5.36. The number of halogens is 1. The highest BCUT2D eigenvalue weighted by molar-refractivity contribution is 9.10. The van der Waals surface area contributed by atoms with Crippen molar-refractivity contribution in [1.29, 1.82) is 0 Å². The van der Waals surface area contributed by atoms with E-state index in [0.717, 1.165) is 19.4 Å². The average Bonchev–Trinajstić information content (AvgIpc) is 2.32. The second-order valence-corrected chi connectivity index (χ2v) is 4.45. The Balaban J connectivity index is 2.77. The molecule has 0 saturated carbocycles. The lowest BCUT2D eigenvalue weighted by Crippen LogP contribution is -2.00. The van der Waals surface area contributed by atoms with Gasteiger partial charge in [0.05, 0.1) is 0 Å². The molecule has 62 valence electrons. The highest BCUT2D eigenvalue weighted by Gasteiger charge is 2.03. The predicted octanol–water partition coefficient (Wildman–Crippen LogP) is 2.57. The van der Waals surface area contributed by atoms with Gasteiger partial charge in [-0.2, -0.15) is 0 Å². The first-order chi connectivity index (χ1) is 5.27. The van der Waals surface area contributed by atoms with Gasteiger partial charge in [-0.3, -0.25) is 0 Å². The molecule has 3 heteroatoms. The minimum Gasteiger partial charge on any atom is -0.330 e. The quantitative estimate of drug-likeness (QED) is 0.854. The summed E-state index contributed by atoms with van der Waals surface area (Å²) in [6.45, 7) is 2.92. The molecule has 0 atom stereocenters. The number of thiophene rings is 1. The monoisotopic (exact) mass is 233 g/mol. The van der Waals surface area contributed by atoms with E-state index in [1.807, 2.05) is 11.3 Å². The highest BCUT2D eigenvalue weighted by atomic mass is 79.9. The van der Waals surface area contributed by atoms with Crippen molar-refractivity contribution in [2.24, 2.45) is 5.73 Å². The maximum Gasteiger partial charge on any atom is 0.0317 e. The number of nitrogens with two attached hydrogens (primary N) is 1. The molecule has 0 aliphatic carbocycles. The molecule has 1 aromatic heterocycles. The van der Waals surface area contributed by atoms with Crippen LogP contribution in [0.15, 0.2) is 10.5 Å². The fourth-order valence-electron chi connectivity index (χ4n) is 0.965. The summed E-state index contributed by atoms with van der Waals surface area (Å²) in [4.78, 5) is 2.81. The van der Waals surface area contributed by atoms with Crippen LogP contribution >= 0.6 is 27.3 Å². The molecule has 2 N–H and O–H groups in total. The molecule has 0 unspecified atom stereocenters. The van der Waals surface area contributed by atoms with E-state index < -0.39 is 0 Å². The van der Waals surface area contributed by atoms with Crippen LogP contribution in [0.3, 0.4) is 0 Å². The maximum atomic E-state index is 5.45. The van der Waals surface area contributed by atoms with Crippen LogP contribution in [-0.4, -0.2) is 6.54 Å². The third-order valence-electron chi connectivity index (χ3n) is 1.52. The van der Waals surface area contributed by atoms with E-state index in [-0.39, 0.29) is 0 Å². The highest BCUT2D eigenvalue weighted by Crippen LogP contribution is 2.27. The normalized spacial score (nSPS) is 10.5. The second kappa shape index (κ2) is 4.24. The Bertz CT molecular complexity index is 232. The van der Waals surface area contributed by atoms with Gasteiger partial charge in [0, 0.05) is 14.2 Å². The molecule has 0 radical (unpaired) electrons. The lowest BCUT2D eigenvalue weighted by molar-refractivity contribution is 0.988. The Morgan fingerprint density at radius 1 is 1.64 bits per heavy atom. The van der Waals surface area contributed by atoms with Crippen LogP contribution in [0.4, 0.5) is 0 Å². The van der Waals surface area contributed by atoms with Gasteiger partial charge in [0.15, 0.2) is 0 Å². The largest absolute Gasteiger partial charge is 0.330 e. The minimum absolute atomic E-state index is 0.746. The molecule has 1 aromatic rings. The van der Waals surface area contributed by atoms with Crippen LogP contribution in [0.25, 0.3) is 0 Å². The van der Waals surface area contributed by atoms with Crippen molar-refractivity contribution in [3.05, 3.63) is 20.3 Å². The molecule has 1 nitrogen and oxygen atoms in total. The summed E-state index contributed by atoms with van der Waals surface area (Å²) in [6.07, 6.45) is 2.11. The predicted molar refractivity (Wildman–Crippen MR) is 54.2 cm³/mol. The average molecular weight is 234 g/mol.